The van der Waals surface area contributed by atoms with E-state index in [2.05, 4.69) is 10.2 Å². The highest BCUT2D eigenvalue weighted by Crippen LogP contribution is 2.14. The summed E-state index contributed by atoms with van der Waals surface area (Å²) in [6.07, 6.45) is 3.14. The van der Waals surface area contributed by atoms with Crippen molar-refractivity contribution in [2.24, 2.45) is 0 Å². The zero-order valence-electron chi connectivity index (χ0n) is 8.08. The minimum Gasteiger partial charge on any atom is -0.478 e. The Morgan fingerprint density at radius 2 is 2.00 bits per heavy atom. The largest absolute Gasteiger partial charge is 0.478 e. The van der Waals surface area contributed by atoms with Gasteiger partial charge in [0.2, 0.25) is 0 Å². The van der Waals surface area contributed by atoms with E-state index < -0.39 is 5.97 Å². The summed E-state index contributed by atoms with van der Waals surface area (Å²) in [7, 11) is 0. The van der Waals surface area contributed by atoms with Crippen molar-refractivity contribution in [1.82, 2.24) is 14.8 Å². The third kappa shape index (κ3) is 1.71. The molecule has 2 aromatic rings. The van der Waals surface area contributed by atoms with Gasteiger partial charge in [-0.05, 0) is 30.7 Å². The number of hydrogen-bond acceptors (Lipinski definition) is 3. The van der Waals surface area contributed by atoms with Gasteiger partial charge < -0.3 is 5.11 Å². The molecule has 2 rings (SSSR count). The van der Waals surface area contributed by atoms with Gasteiger partial charge in [-0.25, -0.2) is 4.79 Å². The molecular weight excluding hydrogens is 194 g/mol. The molecule has 1 aromatic heterocycles. The van der Waals surface area contributed by atoms with E-state index in [4.69, 9.17) is 5.11 Å². The van der Waals surface area contributed by atoms with Crippen molar-refractivity contribution in [2.45, 2.75) is 6.92 Å². The van der Waals surface area contributed by atoms with Crippen LogP contribution in [0.5, 0.6) is 0 Å². The van der Waals surface area contributed by atoms with Gasteiger partial charge in [0, 0.05) is 0 Å². The molecule has 0 aliphatic carbocycles. The average Bonchev–Trinajstić information content (AvgIpc) is 2.70. The fourth-order valence-electron chi connectivity index (χ4n) is 1.40. The molecule has 0 bridgehead atoms. The predicted octanol–water partition coefficient (Wildman–Crippen LogP) is 1.27. The number of aromatic nitrogens is 3. The van der Waals surface area contributed by atoms with Crippen LogP contribution in [-0.4, -0.2) is 25.8 Å². The fraction of sp³-hybridized carbons (Fsp3) is 0.100. The highest BCUT2D eigenvalue weighted by atomic mass is 16.4. The van der Waals surface area contributed by atoms with Gasteiger partial charge in [-0.1, -0.05) is 0 Å². The third-order valence-electron chi connectivity index (χ3n) is 2.14. The Bertz CT molecular complexity index is 491. The average molecular weight is 203 g/mol. The maximum Gasteiger partial charge on any atom is 0.335 e. The molecule has 76 valence electrons. The fourth-order valence-corrected chi connectivity index (χ4v) is 1.40. The van der Waals surface area contributed by atoms with E-state index in [1.165, 1.54) is 0 Å². The summed E-state index contributed by atoms with van der Waals surface area (Å²) in [6.45, 7) is 1.85. The standard InChI is InChI=1S/C10H9N3O2/c1-7-4-8(10(14)15)2-3-9(7)13-5-11-12-6-13/h2-6H,1H3,(H,14,15). The van der Waals surface area contributed by atoms with Gasteiger partial charge in [-0.15, -0.1) is 10.2 Å². The number of aromatic carboxylic acids is 1. The lowest BCUT2D eigenvalue weighted by Gasteiger charge is -2.06. The Hall–Kier alpha value is -2.17. The van der Waals surface area contributed by atoms with Crippen molar-refractivity contribution >= 4 is 5.97 Å². The first kappa shape index (κ1) is 9.39. The van der Waals surface area contributed by atoms with Crippen molar-refractivity contribution in [2.75, 3.05) is 0 Å². The van der Waals surface area contributed by atoms with Crippen LogP contribution in [0.3, 0.4) is 0 Å². The van der Waals surface area contributed by atoms with Gasteiger partial charge in [-0.2, -0.15) is 0 Å². The topological polar surface area (TPSA) is 68.0 Å². The summed E-state index contributed by atoms with van der Waals surface area (Å²) >= 11 is 0. The van der Waals surface area contributed by atoms with Crippen LogP contribution in [0.4, 0.5) is 0 Å². The Morgan fingerprint density at radius 1 is 1.33 bits per heavy atom. The Morgan fingerprint density at radius 3 is 2.53 bits per heavy atom. The van der Waals surface area contributed by atoms with Crippen LogP contribution in [0.1, 0.15) is 15.9 Å². The molecule has 0 aliphatic heterocycles. The van der Waals surface area contributed by atoms with Crippen molar-refractivity contribution in [1.29, 1.82) is 0 Å². The number of carboxylic acid groups (broad SMARTS) is 1. The zero-order valence-corrected chi connectivity index (χ0v) is 8.08. The number of carbonyl (C=O) groups is 1. The number of aryl methyl sites for hydroxylation is 1. The second kappa shape index (κ2) is 3.53. The molecule has 0 unspecified atom stereocenters. The van der Waals surface area contributed by atoms with Crippen LogP contribution < -0.4 is 0 Å². The lowest BCUT2D eigenvalue weighted by atomic mass is 10.1. The zero-order chi connectivity index (χ0) is 10.8. The molecule has 0 aliphatic rings. The maximum absolute atomic E-state index is 10.7. The van der Waals surface area contributed by atoms with E-state index in [1.54, 1.807) is 35.4 Å². The van der Waals surface area contributed by atoms with Gasteiger partial charge in [0.1, 0.15) is 12.7 Å². The van der Waals surface area contributed by atoms with E-state index >= 15 is 0 Å². The highest BCUT2D eigenvalue weighted by Gasteiger charge is 2.06. The van der Waals surface area contributed by atoms with Crippen molar-refractivity contribution in [3.63, 3.8) is 0 Å². The lowest BCUT2D eigenvalue weighted by molar-refractivity contribution is 0.0697. The molecular formula is C10H9N3O2. The molecule has 1 heterocycles. The molecule has 0 spiro atoms. The van der Waals surface area contributed by atoms with Crippen LogP contribution in [-0.2, 0) is 0 Å². The molecule has 15 heavy (non-hydrogen) atoms. The van der Waals surface area contributed by atoms with Crippen LogP contribution in [0, 0.1) is 6.92 Å². The number of benzene rings is 1. The molecule has 5 heteroatoms. The SMILES string of the molecule is Cc1cc(C(=O)O)ccc1-n1cnnc1. The number of nitrogens with zero attached hydrogens (tertiary/aromatic N) is 3. The summed E-state index contributed by atoms with van der Waals surface area (Å²) < 4.78 is 1.74. The maximum atomic E-state index is 10.7. The lowest BCUT2D eigenvalue weighted by Crippen LogP contribution is -2.00. The molecule has 0 amide bonds. The smallest absolute Gasteiger partial charge is 0.335 e. The molecule has 0 atom stereocenters. The summed E-state index contributed by atoms with van der Waals surface area (Å²) in [5.74, 6) is -0.923. The normalized spacial score (nSPS) is 10.2. The van der Waals surface area contributed by atoms with Crippen molar-refractivity contribution in [3.05, 3.63) is 42.0 Å². The van der Waals surface area contributed by atoms with E-state index in [0.717, 1.165) is 11.3 Å². The third-order valence-corrected chi connectivity index (χ3v) is 2.14. The van der Waals surface area contributed by atoms with Crippen LogP contribution >= 0.6 is 0 Å². The molecule has 0 saturated heterocycles. The molecule has 0 fully saturated rings. The van der Waals surface area contributed by atoms with Gasteiger partial charge in [0.15, 0.2) is 0 Å². The van der Waals surface area contributed by atoms with E-state index in [9.17, 15) is 4.79 Å². The number of hydrogen-bond donors (Lipinski definition) is 1. The second-order valence-corrected chi connectivity index (χ2v) is 3.18. The summed E-state index contributed by atoms with van der Waals surface area (Å²) in [5.41, 5.74) is 2.03. The van der Waals surface area contributed by atoms with Crippen molar-refractivity contribution < 1.29 is 9.90 Å². The van der Waals surface area contributed by atoms with Crippen LogP contribution in [0.15, 0.2) is 30.9 Å². The van der Waals surface area contributed by atoms with Crippen molar-refractivity contribution in [3.8, 4) is 5.69 Å². The molecule has 0 saturated carbocycles. The summed E-state index contributed by atoms with van der Waals surface area (Å²) in [5, 5.41) is 16.2. The highest BCUT2D eigenvalue weighted by molar-refractivity contribution is 5.88. The minimum absolute atomic E-state index is 0.282. The summed E-state index contributed by atoms with van der Waals surface area (Å²) in [6, 6.07) is 4.92. The van der Waals surface area contributed by atoms with Gasteiger partial charge >= 0.3 is 5.97 Å². The summed E-state index contributed by atoms with van der Waals surface area (Å²) in [4.78, 5) is 10.7. The predicted molar refractivity (Wildman–Crippen MR) is 53.1 cm³/mol. The second-order valence-electron chi connectivity index (χ2n) is 3.18. The van der Waals surface area contributed by atoms with Gasteiger partial charge in [-0.3, -0.25) is 4.57 Å². The monoisotopic (exact) mass is 203 g/mol. The number of carboxylic acids is 1. The first-order chi connectivity index (χ1) is 7.18. The molecule has 0 radical (unpaired) electrons. The van der Waals surface area contributed by atoms with E-state index in [1.807, 2.05) is 6.92 Å². The first-order valence-electron chi connectivity index (χ1n) is 4.37. The molecule has 5 nitrogen and oxygen atoms in total. The van der Waals surface area contributed by atoms with Gasteiger partial charge in [0.25, 0.3) is 0 Å². The van der Waals surface area contributed by atoms with Crippen LogP contribution in [0.25, 0.3) is 5.69 Å². The number of rotatable bonds is 2. The Labute approximate surface area is 86.0 Å². The minimum atomic E-state index is -0.923. The quantitative estimate of drug-likeness (QED) is 0.798. The first-order valence-corrected chi connectivity index (χ1v) is 4.37. The van der Waals surface area contributed by atoms with E-state index in [0.29, 0.717) is 0 Å². The molecule has 1 N–H and O–H groups in total. The molecule has 1 aromatic carbocycles. The Kier molecular flexibility index (Phi) is 2.21. The van der Waals surface area contributed by atoms with E-state index in [-0.39, 0.29) is 5.56 Å². The van der Waals surface area contributed by atoms with Crippen LogP contribution in [0.2, 0.25) is 0 Å². The van der Waals surface area contributed by atoms with Gasteiger partial charge in [0.05, 0.1) is 11.3 Å². The Balaban J connectivity index is 2.48.